The minimum atomic E-state index is -0.0667. The summed E-state index contributed by atoms with van der Waals surface area (Å²) in [5.41, 5.74) is 5.21. The van der Waals surface area contributed by atoms with E-state index < -0.39 is 0 Å². The summed E-state index contributed by atoms with van der Waals surface area (Å²) in [6.45, 7) is 12.1. The largest absolute Gasteiger partial charge is 0.372 e. The minimum absolute atomic E-state index is 0.0667. The van der Waals surface area contributed by atoms with Crippen LogP contribution in [0.4, 0.5) is 11.4 Å². The first kappa shape index (κ1) is 24.3. The van der Waals surface area contributed by atoms with Crippen molar-refractivity contribution in [1.29, 1.82) is 0 Å². The van der Waals surface area contributed by atoms with Crippen LogP contribution in [0.3, 0.4) is 0 Å². The van der Waals surface area contributed by atoms with E-state index in [9.17, 15) is 4.79 Å². The number of nitrogens with zero attached hydrogens (tertiary/aromatic N) is 2. The van der Waals surface area contributed by atoms with Gasteiger partial charge in [-0.25, -0.2) is 0 Å². The van der Waals surface area contributed by atoms with Gasteiger partial charge in [0.25, 0.3) is 5.91 Å². The fourth-order valence-corrected chi connectivity index (χ4v) is 5.23. The van der Waals surface area contributed by atoms with Gasteiger partial charge >= 0.3 is 0 Å². The number of benzene rings is 2. The second-order valence-corrected chi connectivity index (χ2v) is 9.50. The van der Waals surface area contributed by atoms with Crippen LogP contribution in [-0.4, -0.2) is 48.5 Å². The van der Waals surface area contributed by atoms with E-state index in [0.717, 1.165) is 30.0 Å². The quantitative estimate of drug-likeness (QED) is 0.334. The fourth-order valence-electron chi connectivity index (χ4n) is 5.23. The second-order valence-electron chi connectivity index (χ2n) is 9.50. The number of aromatic nitrogens is 1. The Morgan fingerprint density at radius 2 is 1.76 bits per heavy atom. The van der Waals surface area contributed by atoms with Crippen molar-refractivity contribution in [3.8, 4) is 0 Å². The van der Waals surface area contributed by atoms with Gasteiger partial charge in [-0.2, -0.15) is 0 Å². The molecular weight excluding hydrogens is 420 g/mol. The molecule has 0 atom stereocenters. The third-order valence-electron chi connectivity index (χ3n) is 7.33. The molecule has 0 radical (unpaired) electrons. The Bertz CT molecular complexity index is 1060. The Morgan fingerprint density at radius 3 is 2.44 bits per heavy atom. The molecule has 1 aliphatic heterocycles. The third-order valence-corrected chi connectivity index (χ3v) is 7.33. The number of rotatable bonds is 10. The SMILES string of the molecule is CCCCCN1CCC(c2c[nH]c3ccc(NC(=O)c4ccc(N(CC)CC)cc4)cc23)CC1. The molecular formula is C29H40N4O. The smallest absolute Gasteiger partial charge is 0.255 e. The number of unbranched alkanes of at least 4 members (excludes halogenated alkanes) is 2. The van der Waals surface area contributed by atoms with Gasteiger partial charge in [0.15, 0.2) is 0 Å². The van der Waals surface area contributed by atoms with E-state index in [2.05, 4.69) is 59.2 Å². The van der Waals surface area contributed by atoms with Gasteiger partial charge < -0.3 is 20.1 Å². The molecule has 0 aliphatic carbocycles. The highest BCUT2D eigenvalue weighted by atomic mass is 16.1. The topological polar surface area (TPSA) is 51.4 Å². The maximum Gasteiger partial charge on any atom is 0.255 e. The maximum absolute atomic E-state index is 12.9. The van der Waals surface area contributed by atoms with Crippen LogP contribution in [0, 0.1) is 0 Å². The molecule has 5 nitrogen and oxygen atoms in total. The molecule has 182 valence electrons. The Kier molecular flexibility index (Phi) is 8.28. The molecule has 2 heterocycles. The average molecular weight is 461 g/mol. The fraction of sp³-hybridized carbons (Fsp3) is 0.483. The predicted molar refractivity (Wildman–Crippen MR) is 144 cm³/mol. The molecule has 1 fully saturated rings. The zero-order chi connectivity index (χ0) is 23.9. The van der Waals surface area contributed by atoms with E-state index in [1.165, 1.54) is 62.7 Å². The highest BCUT2D eigenvalue weighted by molar-refractivity contribution is 6.05. The van der Waals surface area contributed by atoms with Crippen molar-refractivity contribution in [2.75, 3.05) is 42.9 Å². The van der Waals surface area contributed by atoms with Gasteiger partial charge in [0.1, 0.15) is 0 Å². The number of carbonyl (C=O) groups excluding carboxylic acids is 1. The molecule has 0 saturated carbocycles. The second kappa shape index (κ2) is 11.6. The van der Waals surface area contributed by atoms with Crippen LogP contribution in [0.5, 0.6) is 0 Å². The first-order chi connectivity index (χ1) is 16.6. The molecule has 1 saturated heterocycles. The molecule has 34 heavy (non-hydrogen) atoms. The van der Waals surface area contributed by atoms with Crippen molar-refractivity contribution in [3.63, 3.8) is 0 Å². The lowest BCUT2D eigenvalue weighted by atomic mass is 9.89. The van der Waals surface area contributed by atoms with Crippen LogP contribution in [0.1, 0.15) is 74.7 Å². The summed E-state index contributed by atoms with van der Waals surface area (Å²) in [6, 6.07) is 14.1. The normalized spacial score (nSPS) is 15.0. The van der Waals surface area contributed by atoms with Gasteiger partial charge in [0.05, 0.1) is 0 Å². The van der Waals surface area contributed by atoms with Crippen LogP contribution in [0.2, 0.25) is 0 Å². The molecule has 1 aliphatic rings. The third kappa shape index (κ3) is 5.64. The molecule has 0 bridgehead atoms. The number of anilines is 2. The first-order valence-corrected chi connectivity index (χ1v) is 13.1. The molecule has 1 amide bonds. The van der Waals surface area contributed by atoms with Gasteiger partial charge in [0, 0.05) is 47.1 Å². The zero-order valence-corrected chi connectivity index (χ0v) is 21.1. The van der Waals surface area contributed by atoms with E-state index in [-0.39, 0.29) is 5.91 Å². The van der Waals surface area contributed by atoms with E-state index in [1.54, 1.807) is 0 Å². The van der Waals surface area contributed by atoms with Crippen LogP contribution in [0.25, 0.3) is 10.9 Å². The number of amides is 1. The number of fused-ring (bicyclic) bond motifs is 1. The predicted octanol–water partition coefficient (Wildman–Crippen LogP) is 6.64. The number of likely N-dealkylation sites (tertiary alicyclic amines) is 1. The molecule has 0 spiro atoms. The van der Waals surface area contributed by atoms with E-state index in [0.29, 0.717) is 11.5 Å². The molecule has 0 unspecified atom stereocenters. The van der Waals surface area contributed by atoms with Crippen molar-refractivity contribution in [1.82, 2.24) is 9.88 Å². The van der Waals surface area contributed by atoms with Crippen molar-refractivity contribution >= 4 is 28.2 Å². The molecule has 2 N–H and O–H groups in total. The number of hydrogen-bond donors (Lipinski definition) is 2. The van der Waals surface area contributed by atoms with Gasteiger partial charge in [-0.15, -0.1) is 0 Å². The Hall–Kier alpha value is -2.79. The Morgan fingerprint density at radius 1 is 1.03 bits per heavy atom. The molecule has 2 aromatic carbocycles. The number of aromatic amines is 1. The van der Waals surface area contributed by atoms with E-state index >= 15 is 0 Å². The van der Waals surface area contributed by atoms with Gasteiger partial charge in [0.2, 0.25) is 0 Å². The van der Waals surface area contributed by atoms with Gasteiger partial charge in [-0.1, -0.05) is 19.8 Å². The van der Waals surface area contributed by atoms with Gasteiger partial charge in [-0.05, 0) is 107 Å². The van der Waals surface area contributed by atoms with Crippen molar-refractivity contribution in [2.45, 2.75) is 58.8 Å². The van der Waals surface area contributed by atoms with Crippen LogP contribution in [0.15, 0.2) is 48.7 Å². The Labute approximate surface area is 204 Å². The molecule has 3 aromatic rings. The highest BCUT2D eigenvalue weighted by Gasteiger charge is 2.22. The lowest BCUT2D eigenvalue weighted by Crippen LogP contribution is -2.33. The van der Waals surface area contributed by atoms with Crippen molar-refractivity contribution in [2.24, 2.45) is 0 Å². The van der Waals surface area contributed by atoms with Crippen molar-refractivity contribution in [3.05, 3.63) is 59.8 Å². The van der Waals surface area contributed by atoms with Crippen LogP contribution in [-0.2, 0) is 0 Å². The highest BCUT2D eigenvalue weighted by Crippen LogP contribution is 2.34. The summed E-state index contributed by atoms with van der Waals surface area (Å²) >= 11 is 0. The summed E-state index contributed by atoms with van der Waals surface area (Å²) in [5, 5.41) is 4.34. The van der Waals surface area contributed by atoms with Crippen molar-refractivity contribution < 1.29 is 4.79 Å². The summed E-state index contributed by atoms with van der Waals surface area (Å²) in [6.07, 6.45) is 8.52. The summed E-state index contributed by atoms with van der Waals surface area (Å²) in [7, 11) is 0. The monoisotopic (exact) mass is 460 g/mol. The number of nitrogens with one attached hydrogen (secondary N) is 2. The first-order valence-electron chi connectivity index (χ1n) is 13.1. The summed E-state index contributed by atoms with van der Waals surface area (Å²) in [5.74, 6) is 0.512. The van der Waals surface area contributed by atoms with Gasteiger partial charge in [-0.3, -0.25) is 4.79 Å². The minimum Gasteiger partial charge on any atom is -0.372 e. The summed E-state index contributed by atoms with van der Waals surface area (Å²) in [4.78, 5) is 21.2. The van der Waals surface area contributed by atoms with Crippen LogP contribution >= 0.6 is 0 Å². The standard InChI is InChI=1S/C29H40N4O/c1-4-7-8-17-32-18-15-22(16-19-32)27-21-30-28-14-11-24(20-26(27)28)31-29(34)23-9-12-25(13-10-23)33(5-2)6-3/h9-14,20-22,30H,4-8,15-19H2,1-3H3,(H,31,34). The average Bonchev–Trinajstić information content (AvgIpc) is 3.29. The maximum atomic E-state index is 12.9. The lowest BCUT2D eigenvalue weighted by Gasteiger charge is -2.32. The number of H-pyrrole nitrogens is 1. The number of piperidine rings is 1. The number of carbonyl (C=O) groups is 1. The van der Waals surface area contributed by atoms with E-state index in [4.69, 9.17) is 0 Å². The summed E-state index contributed by atoms with van der Waals surface area (Å²) < 4.78 is 0. The van der Waals surface area contributed by atoms with Crippen LogP contribution < -0.4 is 10.2 Å². The van der Waals surface area contributed by atoms with E-state index in [1.807, 2.05) is 30.3 Å². The zero-order valence-electron chi connectivity index (χ0n) is 21.1. The molecule has 1 aromatic heterocycles. The Balaban J connectivity index is 1.42. The number of hydrogen-bond acceptors (Lipinski definition) is 3. The molecule has 4 rings (SSSR count). The molecule has 5 heteroatoms. The lowest BCUT2D eigenvalue weighted by molar-refractivity contribution is 0.102.